The number of hydrogen-bond acceptors (Lipinski definition) is 3. The number of rotatable bonds is 3. The molecule has 0 fully saturated rings. The van der Waals surface area contributed by atoms with E-state index in [0.29, 0.717) is 5.02 Å². The number of hydrogen-bond donors (Lipinski definition) is 1. The van der Waals surface area contributed by atoms with Crippen molar-refractivity contribution in [1.82, 2.24) is 0 Å². The third kappa shape index (κ3) is 2.55. The van der Waals surface area contributed by atoms with Gasteiger partial charge in [-0.25, -0.2) is 0 Å². The van der Waals surface area contributed by atoms with Crippen molar-refractivity contribution in [1.29, 1.82) is 0 Å². The second-order valence-electron chi connectivity index (χ2n) is 2.91. The molecule has 0 aliphatic rings. The predicted molar refractivity (Wildman–Crippen MR) is 65.8 cm³/mol. The Labute approximate surface area is 102 Å². The molecule has 0 saturated carbocycles. The van der Waals surface area contributed by atoms with E-state index < -0.39 is 0 Å². The maximum atomic E-state index is 9.23. The Morgan fingerprint density at radius 3 is 2.80 bits per heavy atom. The Morgan fingerprint density at radius 2 is 2.13 bits per heavy atom. The second-order valence-corrected chi connectivity index (χ2v) is 5.61. The molecule has 0 radical (unpaired) electrons. The van der Waals surface area contributed by atoms with Crippen LogP contribution in [0.2, 0.25) is 5.02 Å². The lowest BCUT2D eigenvalue weighted by atomic mass is 10.2. The lowest BCUT2D eigenvalue weighted by Gasteiger charge is -2.06. The summed E-state index contributed by atoms with van der Waals surface area (Å²) in [6, 6.07) is 9.73. The van der Waals surface area contributed by atoms with Gasteiger partial charge in [0.05, 0.1) is 10.8 Å². The summed E-state index contributed by atoms with van der Waals surface area (Å²) in [7, 11) is 0. The van der Waals surface area contributed by atoms with E-state index in [1.165, 1.54) is 4.21 Å². The van der Waals surface area contributed by atoms with E-state index in [4.69, 9.17) is 11.6 Å². The first-order chi connectivity index (χ1) is 7.31. The summed E-state index contributed by atoms with van der Waals surface area (Å²) in [5.41, 5.74) is 0.803. The van der Waals surface area contributed by atoms with E-state index in [0.717, 1.165) is 10.5 Å². The van der Waals surface area contributed by atoms with Gasteiger partial charge in [0.2, 0.25) is 0 Å². The first-order valence-electron chi connectivity index (χ1n) is 4.41. The van der Waals surface area contributed by atoms with Crippen LogP contribution in [0.4, 0.5) is 0 Å². The molecule has 0 amide bonds. The summed E-state index contributed by atoms with van der Waals surface area (Å²) in [5.74, 6) is 0. The third-order valence-electron chi connectivity index (χ3n) is 1.94. The van der Waals surface area contributed by atoms with Crippen molar-refractivity contribution < 1.29 is 5.11 Å². The second kappa shape index (κ2) is 5.03. The lowest BCUT2D eigenvalue weighted by Crippen LogP contribution is -1.88. The van der Waals surface area contributed by atoms with Crippen molar-refractivity contribution in [3.8, 4) is 0 Å². The Bertz CT molecular complexity index is 440. The molecule has 0 saturated heterocycles. The average molecular weight is 257 g/mol. The molecule has 0 aliphatic carbocycles. The van der Waals surface area contributed by atoms with Gasteiger partial charge in [-0.3, -0.25) is 0 Å². The first kappa shape index (κ1) is 11.0. The van der Waals surface area contributed by atoms with Crippen molar-refractivity contribution in [2.24, 2.45) is 0 Å². The smallest absolute Gasteiger partial charge is 0.0707 e. The van der Waals surface area contributed by atoms with Gasteiger partial charge in [-0.2, -0.15) is 0 Å². The standard InChI is InChI=1S/C11H9ClOS2/c12-9-3-1-4-10(8(9)7-13)15-11-5-2-6-14-11/h1-6,13H,7H2. The average Bonchev–Trinajstić information content (AvgIpc) is 2.71. The third-order valence-corrected chi connectivity index (χ3v) is 4.43. The van der Waals surface area contributed by atoms with Crippen LogP contribution in [0.25, 0.3) is 0 Å². The van der Waals surface area contributed by atoms with Crippen LogP contribution in [-0.4, -0.2) is 5.11 Å². The van der Waals surface area contributed by atoms with E-state index in [1.54, 1.807) is 29.2 Å². The van der Waals surface area contributed by atoms with Crippen LogP contribution in [0.15, 0.2) is 44.8 Å². The van der Waals surface area contributed by atoms with Crippen molar-refractivity contribution in [2.45, 2.75) is 15.7 Å². The molecule has 15 heavy (non-hydrogen) atoms. The minimum absolute atomic E-state index is 0.0205. The van der Waals surface area contributed by atoms with Gasteiger partial charge in [0, 0.05) is 15.5 Å². The Kier molecular flexibility index (Phi) is 3.70. The largest absolute Gasteiger partial charge is 0.392 e. The predicted octanol–water partition coefficient (Wildman–Crippen LogP) is 4.05. The van der Waals surface area contributed by atoms with E-state index in [-0.39, 0.29) is 6.61 Å². The summed E-state index contributed by atoms with van der Waals surface area (Å²) in [6.45, 7) is -0.0205. The number of halogens is 1. The highest BCUT2D eigenvalue weighted by Gasteiger charge is 2.07. The van der Waals surface area contributed by atoms with Crippen molar-refractivity contribution in [3.05, 3.63) is 46.3 Å². The highest BCUT2D eigenvalue weighted by molar-refractivity contribution is 8.01. The summed E-state index contributed by atoms with van der Waals surface area (Å²) in [4.78, 5) is 1.02. The van der Waals surface area contributed by atoms with Crippen molar-refractivity contribution >= 4 is 34.7 Å². The van der Waals surface area contributed by atoms with Gasteiger partial charge in [-0.15, -0.1) is 11.3 Å². The minimum atomic E-state index is -0.0205. The monoisotopic (exact) mass is 256 g/mol. The summed E-state index contributed by atoms with van der Waals surface area (Å²) in [5, 5.41) is 11.9. The van der Waals surface area contributed by atoms with Crippen LogP contribution in [0.3, 0.4) is 0 Å². The molecular formula is C11H9ClOS2. The fraction of sp³-hybridized carbons (Fsp3) is 0.0909. The number of thiophene rings is 1. The quantitative estimate of drug-likeness (QED) is 0.894. The molecular weight excluding hydrogens is 248 g/mol. The fourth-order valence-corrected chi connectivity index (χ4v) is 3.39. The van der Waals surface area contributed by atoms with Crippen LogP contribution in [0.5, 0.6) is 0 Å². The molecule has 1 N–H and O–H groups in total. The van der Waals surface area contributed by atoms with Crippen LogP contribution in [-0.2, 0) is 6.61 Å². The van der Waals surface area contributed by atoms with Gasteiger partial charge in [0.1, 0.15) is 0 Å². The Morgan fingerprint density at radius 1 is 1.27 bits per heavy atom. The van der Waals surface area contributed by atoms with Crippen molar-refractivity contribution in [3.63, 3.8) is 0 Å². The zero-order chi connectivity index (χ0) is 10.7. The van der Waals surface area contributed by atoms with Gasteiger partial charge in [-0.05, 0) is 23.6 Å². The molecule has 0 aliphatic heterocycles. The van der Waals surface area contributed by atoms with E-state index in [2.05, 4.69) is 6.07 Å². The molecule has 1 nitrogen and oxygen atoms in total. The normalized spacial score (nSPS) is 10.5. The van der Waals surface area contributed by atoms with Crippen LogP contribution >= 0.6 is 34.7 Å². The van der Waals surface area contributed by atoms with Gasteiger partial charge in [-0.1, -0.05) is 35.5 Å². The lowest BCUT2D eigenvalue weighted by molar-refractivity contribution is 0.279. The SMILES string of the molecule is OCc1c(Cl)cccc1Sc1cccs1. The van der Waals surface area contributed by atoms with Gasteiger partial charge < -0.3 is 5.11 Å². The zero-order valence-electron chi connectivity index (χ0n) is 7.81. The topological polar surface area (TPSA) is 20.2 Å². The molecule has 78 valence electrons. The Balaban J connectivity index is 2.32. The van der Waals surface area contributed by atoms with E-state index >= 15 is 0 Å². The van der Waals surface area contributed by atoms with Crippen LogP contribution in [0, 0.1) is 0 Å². The molecule has 1 heterocycles. The maximum Gasteiger partial charge on any atom is 0.0707 e. The molecule has 0 unspecified atom stereocenters. The summed E-state index contributed by atoms with van der Waals surface area (Å²) >= 11 is 9.31. The molecule has 1 aromatic carbocycles. The number of benzene rings is 1. The van der Waals surface area contributed by atoms with E-state index in [9.17, 15) is 5.11 Å². The Hall–Kier alpha value is -0.480. The summed E-state index contributed by atoms with van der Waals surface area (Å²) in [6.07, 6.45) is 0. The molecule has 2 rings (SSSR count). The molecule has 4 heteroatoms. The van der Waals surface area contributed by atoms with Crippen LogP contribution < -0.4 is 0 Å². The summed E-state index contributed by atoms with van der Waals surface area (Å²) < 4.78 is 1.20. The maximum absolute atomic E-state index is 9.23. The number of aliphatic hydroxyl groups is 1. The zero-order valence-corrected chi connectivity index (χ0v) is 10.2. The van der Waals surface area contributed by atoms with Gasteiger partial charge in [0.25, 0.3) is 0 Å². The molecule has 1 aromatic heterocycles. The highest BCUT2D eigenvalue weighted by atomic mass is 35.5. The van der Waals surface area contributed by atoms with Gasteiger partial charge in [0.15, 0.2) is 0 Å². The fourth-order valence-electron chi connectivity index (χ4n) is 1.22. The number of aliphatic hydroxyl groups excluding tert-OH is 1. The molecule has 0 bridgehead atoms. The first-order valence-corrected chi connectivity index (χ1v) is 6.48. The van der Waals surface area contributed by atoms with Gasteiger partial charge >= 0.3 is 0 Å². The highest BCUT2D eigenvalue weighted by Crippen LogP contribution is 2.35. The molecule has 2 aromatic rings. The molecule has 0 spiro atoms. The van der Waals surface area contributed by atoms with Crippen molar-refractivity contribution in [2.75, 3.05) is 0 Å². The van der Waals surface area contributed by atoms with Crippen LogP contribution in [0.1, 0.15) is 5.56 Å². The minimum Gasteiger partial charge on any atom is -0.392 e. The molecule has 0 atom stereocenters. The van der Waals surface area contributed by atoms with E-state index in [1.807, 2.05) is 23.6 Å².